The van der Waals surface area contributed by atoms with Crippen LogP contribution in [0.1, 0.15) is 18.9 Å². The van der Waals surface area contributed by atoms with E-state index in [-0.39, 0.29) is 45.0 Å². The highest BCUT2D eigenvalue weighted by atomic mass is 35.5. The summed E-state index contributed by atoms with van der Waals surface area (Å²) in [7, 11) is -1.95. The molecule has 0 saturated carbocycles. The van der Waals surface area contributed by atoms with E-state index < -0.39 is 51.0 Å². The van der Waals surface area contributed by atoms with Crippen molar-refractivity contribution in [3.8, 4) is 0 Å². The topological polar surface area (TPSA) is 99.2 Å². The molecule has 1 unspecified atom stereocenters. The monoisotopic (exact) mass is 606 g/mol. The van der Waals surface area contributed by atoms with Crippen molar-refractivity contribution in [1.29, 1.82) is 0 Å². The van der Waals surface area contributed by atoms with Gasteiger partial charge in [-0.3, -0.25) is 14.6 Å². The van der Waals surface area contributed by atoms with Gasteiger partial charge in [-0.25, -0.2) is 13.2 Å². The van der Waals surface area contributed by atoms with Gasteiger partial charge in [-0.05, 0) is 67.9 Å². The Morgan fingerprint density at radius 1 is 1.21 bits per heavy atom. The number of urea groups is 1. The molecule has 212 valence electrons. The van der Waals surface area contributed by atoms with E-state index in [2.05, 4.69) is 10.3 Å². The molecular weight excluding hydrogens is 580 g/mol. The van der Waals surface area contributed by atoms with E-state index in [1.807, 2.05) is 11.9 Å². The summed E-state index contributed by atoms with van der Waals surface area (Å²) >= 11 is 12.5. The lowest BCUT2D eigenvalue weighted by atomic mass is 9.87. The normalized spacial score (nSPS) is 22.8. The van der Waals surface area contributed by atoms with Crippen molar-refractivity contribution >= 4 is 50.7 Å². The average molecular weight is 607 g/mol. The highest BCUT2D eigenvalue weighted by Crippen LogP contribution is 2.40. The first kappa shape index (κ1) is 29.7. The van der Waals surface area contributed by atoms with Gasteiger partial charge in [0.2, 0.25) is 0 Å². The summed E-state index contributed by atoms with van der Waals surface area (Å²) in [6, 6.07) is 2.85. The highest BCUT2D eigenvalue weighted by molar-refractivity contribution is 7.91. The van der Waals surface area contributed by atoms with Crippen molar-refractivity contribution < 1.29 is 31.2 Å². The third-order valence-electron chi connectivity index (χ3n) is 7.01. The molecule has 39 heavy (non-hydrogen) atoms. The Bertz CT molecular complexity index is 1390. The van der Waals surface area contributed by atoms with Crippen LogP contribution in [-0.2, 0) is 21.2 Å². The first-order valence-corrected chi connectivity index (χ1v) is 14.7. The molecular formula is C25H27Cl2F3N4O4S. The number of imide groups is 1. The Morgan fingerprint density at radius 3 is 2.56 bits per heavy atom. The molecule has 1 aliphatic carbocycles. The second-order valence-corrected chi connectivity index (χ2v) is 12.8. The minimum atomic E-state index is -4.81. The number of allylic oxidation sites excluding steroid dienone is 2. The first-order chi connectivity index (χ1) is 18.3. The fraction of sp³-hybridized carbons (Fsp3) is 0.480. The number of fused-ring (bicyclic) bond motifs is 1. The van der Waals surface area contributed by atoms with Gasteiger partial charge in [-0.15, -0.1) is 11.6 Å². The van der Waals surface area contributed by atoms with Gasteiger partial charge in [0.1, 0.15) is 0 Å². The molecule has 2 aliphatic heterocycles. The number of sulfone groups is 1. The summed E-state index contributed by atoms with van der Waals surface area (Å²) in [5, 5.41) is 1.78. The third kappa shape index (κ3) is 6.09. The predicted octanol–water partition coefficient (Wildman–Crippen LogP) is 3.98. The zero-order valence-corrected chi connectivity index (χ0v) is 23.5. The molecule has 0 spiro atoms. The summed E-state index contributed by atoms with van der Waals surface area (Å²) in [6.45, 7) is 2.69. The number of likely N-dealkylation sites (tertiary alicyclic amines) is 1. The molecule has 8 nitrogen and oxygen atoms in total. The van der Waals surface area contributed by atoms with Crippen LogP contribution < -0.4 is 5.32 Å². The number of halogens is 5. The summed E-state index contributed by atoms with van der Waals surface area (Å²) < 4.78 is 67.8. The molecule has 3 aliphatic rings. The number of hydrogen-bond acceptors (Lipinski definition) is 6. The van der Waals surface area contributed by atoms with Gasteiger partial charge >= 0.3 is 12.2 Å². The Balaban J connectivity index is 1.71. The van der Waals surface area contributed by atoms with E-state index in [1.54, 1.807) is 0 Å². The molecule has 0 aromatic heterocycles. The van der Waals surface area contributed by atoms with Gasteiger partial charge < -0.3 is 5.32 Å². The van der Waals surface area contributed by atoms with Crippen molar-refractivity contribution in [1.82, 2.24) is 15.1 Å². The molecule has 1 aromatic rings. The zero-order valence-electron chi connectivity index (χ0n) is 21.2. The number of rotatable bonds is 8. The minimum absolute atomic E-state index is 0.0426. The Kier molecular flexibility index (Phi) is 8.63. The maximum absolute atomic E-state index is 14.2. The van der Waals surface area contributed by atoms with E-state index >= 15 is 0 Å². The quantitative estimate of drug-likeness (QED) is 0.449. The molecule has 0 radical (unpaired) electrons. The lowest BCUT2D eigenvalue weighted by Gasteiger charge is -2.33. The second kappa shape index (κ2) is 11.3. The Hall–Kier alpha value is -2.25. The van der Waals surface area contributed by atoms with Crippen LogP contribution in [0.3, 0.4) is 0 Å². The summed E-state index contributed by atoms with van der Waals surface area (Å²) in [6.07, 6.45) is -3.31. The summed E-state index contributed by atoms with van der Waals surface area (Å²) in [4.78, 5) is 32.6. The second-order valence-electron chi connectivity index (χ2n) is 9.63. The molecule has 4 rings (SSSR count). The zero-order chi connectivity index (χ0) is 28.7. The van der Waals surface area contributed by atoms with Gasteiger partial charge in [0, 0.05) is 18.1 Å². The van der Waals surface area contributed by atoms with Crippen LogP contribution in [-0.4, -0.2) is 86.4 Å². The van der Waals surface area contributed by atoms with Gasteiger partial charge in [-0.1, -0.05) is 18.5 Å². The summed E-state index contributed by atoms with van der Waals surface area (Å²) in [5.41, 5.74) is -1.88. The molecule has 2 atom stereocenters. The fourth-order valence-corrected chi connectivity index (χ4v) is 6.71. The maximum atomic E-state index is 14.2. The number of alkyl halides is 4. The molecule has 1 fully saturated rings. The number of amides is 3. The Morgan fingerprint density at radius 2 is 1.92 bits per heavy atom. The van der Waals surface area contributed by atoms with Crippen molar-refractivity contribution in [2.24, 2.45) is 10.9 Å². The molecule has 0 bridgehead atoms. The minimum Gasteiger partial charge on any atom is -0.319 e. The number of benzene rings is 1. The van der Waals surface area contributed by atoms with Gasteiger partial charge in [-0.2, -0.15) is 18.2 Å². The molecule has 1 aromatic carbocycles. The number of nitrogens with one attached hydrogen (secondary N) is 1. The lowest BCUT2D eigenvalue weighted by Crippen LogP contribution is -2.46. The third-order valence-corrected chi connectivity index (χ3v) is 9.54. The van der Waals surface area contributed by atoms with E-state index in [0.717, 1.165) is 13.0 Å². The van der Waals surface area contributed by atoms with E-state index in [9.17, 15) is 31.2 Å². The SMILES string of the molecule is CCS(=O)(=O)c1ccc(Cl)cc1CN1C(=O)N=C2C(=CC(C(F)(F)F)=C(CN3CC[C@@H](CNC)C3)C2Cl)C1=O. The van der Waals surface area contributed by atoms with Crippen LogP contribution in [0.25, 0.3) is 0 Å². The van der Waals surface area contributed by atoms with Crippen LogP contribution in [0.5, 0.6) is 0 Å². The summed E-state index contributed by atoms with van der Waals surface area (Å²) in [5.74, 6) is -1.02. The molecule has 2 heterocycles. The van der Waals surface area contributed by atoms with Crippen LogP contribution in [0.15, 0.2) is 50.9 Å². The molecule has 14 heteroatoms. The molecule has 1 N–H and O–H groups in total. The number of hydrogen-bond donors (Lipinski definition) is 1. The molecule has 3 amide bonds. The largest absolute Gasteiger partial charge is 0.416 e. The predicted molar refractivity (Wildman–Crippen MR) is 142 cm³/mol. The standard InChI is InChI=1S/C25H27Cl2F3N4O4S/c1-3-39(37,38)20-5-4-16(26)8-15(20)12-34-23(35)17-9-19(25(28,29)30)18(21(27)22(17)32-24(34)36)13-33-7-6-14(11-33)10-31-2/h4-5,8-9,14,21,31H,3,6-7,10-13H2,1-2H3/t14-,21?/m0/s1. The van der Waals surface area contributed by atoms with Crippen LogP contribution >= 0.6 is 23.2 Å². The van der Waals surface area contributed by atoms with Crippen molar-refractivity contribution in [2.75, 3.05) is 39.0 Å². The van der Waals surface area contributed by atoms with Gasteiger partial charge in [0.15, 0.2) is 9.84 Å². The maximum Gasteiger partial charge on any atom is 0.416 e. The van der Waals surface area contributed by atoms with E-state index in [1.165, 1.54) is 25.1 Å². The van der Waals surface area contributed by atoms with Crippen LogP contribution in [0.2, 0.25) is 5.02 Å². The number of carbonyl (C=O) groups excluding carboxylic acids is 2. The number of nitrogens with zero attached hydrogens (tertiary/aromatic N) is 3. The van der Waals surface area contributed by atoms with Crippen molar-refractivity contribution in [3.05, 3.63) is 51.6 Å². The lowest BCUT2D eigenvalue weighted by molar-refractivity contribution is -0.124. The first-order valence-electron chi connectivity index (χ1n) is 12.3. The highest BCUT2D eigenvalue weighted by Gasteiger charge is 2.46. The number of carbonyl (C=O) groups is 2. The van der Waals surface area contributed by atoms with Crippen LogP contribution in [0.4, 0.5) is 18.0 Å². The number of aliphatic imine (C=N–C) groups is 1. The van der Waals surface area contributed by atoms with Crippen LogP contribution in [0, 0.1) is 5.92 Å². The van der Waals surface area contributed by atoms with Crippen molar-refractivity contribution in [3.63, 3.8) is 0 Å². The Labute approximate surface area is 234 Å². The smallest absolute Gasteiger partial charge is 0.319 e. The van der Waals surface area contributed by atoms with E-state index in [4.69, 9.17) is 23.2 Å². The fourth-order valence-electron chi connectivity index (χ4n) is 5.06. The van der Waals surface area contributed by atoms with E-state index in [0.29, 0.717) is 24.1 Å². The van der Waals surface area contributed by atoms with Crippen molar-refractivity contribution in [2.45, 2.75) is 36.3 Å². The molecule has 1 saturated heterocycles. The average Bonchev–Trinajstić information content (AvgIpc) is 3.30. The van der Waals surface area contributed by atoms with Gasteiger partial charge in [0.05, 0.1) is 39.4 Å². The van der Waals surface area contributed by atoms with Gasteiger partial charge in [0.25, 0.3) is 5.91 Å².